The number of anilines is 2. The molecule has 0 radical (unpaired) electrons. The Labute approximate surface area is 109 Å². The highest BCUT2D eigenvalue weighted by molar-refractivity contribution is 5.79. The van der Waals surface area contributed by atoms with Crippen molar-refractivity contribution in [1.29, 1.82) is 0 Å². The third-order valence-electron chi connectivity index (χ3n) is 4.15. The highest BCUT2D eigenvalue weighted by Gasteiger charge is 2.36. The Morgan fingerprint density at radius 3 is 3.17 bits per heavy atom. The molecule has 0 spiro atoms. The first kappa shape index (κ1) is 11.7. The molecule has 0 amide bonds. The molecule has 3 heteroatoms. The molecular weight excluding hydrogens is 224 g/mol. The third-order valence-corrected chi connectivity index (χ3v) is 4.15. The molecule has 0 bridgehead atoms. The number of fused-ring (bicyclic) bond motifs is 3. The maximum atomic E-state index is 5.84. The van der Waals surface area contributed by atoms with E-state index in [9.17, 15) is 0 Å². The van der Waals surface area contributed by atoms with Crippen LogP contribution in [0.1, 0.15) is 26.7 Å². The number of hydrogen-bond acceptors (Lipinski definition) is 3. The van der Waals surface area contributed by atoms with Crippen LogP contribution in [-0.2, 0) is 0 Å². The molecule has 1 fully saturated rings. The maximum Gasteiger partial charge on any atom is 0.144 e. The molecule has 2 unspecified atom stereocenters. The lowest BCUT2D eigenvalue weighted by Gasteiger charge is -2.36. The molecule has 2 aliphatic rings. The minimum atomic E-state index is 0.652. The molecule has 18 heavy (non-hydrogen) atoms. The Balaban J connectivity index is 1.91. The van der Waals surface area contributed by atoms with Gasteiger partial charge in [-0.1, -0.05) is 19.9 Å². The number of ether oxygens (including phenoxy) is 1. The zero-order chi connectivity index (χ0) is 12.5. The lowest BCUT2D eigenvalue weighted by atomic mass is 10.0. The van der Waals surface area contributed by atoms with Crippen LogP contribution in [0.5, 0.6) is 5.75 Å². The Hall–Kier alpha value is -1.38. The van der Waals surface area contributed by atoms with Crippen LogP contribution in [0.2, 0.25) is 0 Å². The quantitative estimate of drug-likeness (QED) is 0.887. The molecule has 0 aliphatic carbocycles. The average molecular weight is 246 g/mol. The molecule has 0 aromatic heterocycles. The van der Waals surface area contributed by atoms with Crippen molar-refractivity contribution in [3.63, 3.8) is 0 Å². The van der Waals surface area contributed by atoms with Crippen molar-refractivity contribution in [1.82, 2.24) is 0 Å². The van der Waals surface area contributed by atoms with E-state index in [1.54, 1.807) is 0 Å². The maximum absolute atomic E-state index is 5.84. The Morgan fingerprint density at radius 2 is 2.33 bits per heavy atom. The van der Waals surface area contributed by atoms with E-state index in [-0.39, 0.29) is 0 Å². The second-order valence-electron chi connectivity index (χ2n) is 5.41. The molecule has 1 saturated heterocycles. The predicted molar refractivity (Wildman–Crippen MR) is 75.6 cm³/mol. The van der Waals surface area contributed by atoms with Gasteiger partial charge in [-0.05, 0) is 30.9 Å². The minimum Gasteiger partial charge on any atom is -0.491 e. The highest BCUT2D eigenvalue weighted by atomic mass is 16.5. The summed E-state index contributed by atoms with van der Waals surface area (Å²) in [6, 6.07) is 7.04. The zero-order valence-electron chi connectivity index (χ0n) is 11.3. The van der Waals surface area contributed by atoms with Gasteiger partial charge >= 0.3 is 0 Å². The molecule has 1 N–H and O–H groups in total. The zero-order valence-corrected chi connectivity index (χ0v) is 11.3. The van der Waals surface area contributed by atoms with Crippen LogP contribution in [0.15, 0.2) is 18.2 Å². The van der Waals surface area contributed by atoms with E-state index in [0.29, 0.717) is 6.04 Å². The molecule has 1 aromatic carbocycles. The van der Waals surface area contributed by atoms with Crippen molar-refractivity contribution in [3.8, 4) is 5.75 Å². The fourth-order valence-electron chi connectivity index (χ4n) is 3.09. The number of nitrogens with one attached hydrogen (secondary N) is 1. The van der Waals surface area contributed by atoms with Gasteiger partial charge in [0.05, 0.1) is 12.3 Å². The van der Waals surface area contributed by atoms with Crippen molar-refractivity contribution in [2.45, 2.75) is 32.7 Å². The summed E-state index contributed by atoms with van der Waals surface area (Å²) in [5.41, 5.74) is 2.51. The van der Waals surface area contributed by atoms with Crippen LogP contribution in [0.3, 0.4) is 0 Å². The van der Waals surface area contributed by atoms with Gasteiger partial charge in [-0.15, -0.1) is 0 Å². The van der Waals surface area contributed by atoms with Crippen molar-refractivity contribution in [3.05, 3.63) is 18.2 Å². The van der Waals surface area contributed by atoms with Crippen molar-refractivity contribution < 1.29 is 4.74 Å². The van der Waals surface area contributed by atoms with E-state index in [0.717, 1.165) is 31.2 Å². The summed E-state index contributed by atoms with van der Waals surface area (Å²) < 4.78 is 5.84. The van der Waals surface area contributed by atoms with E-state index in [1.165, 1.54) is 24.3 Å². The van der Waals surface area contributed by atoms with E-state index < -0.39 is 0 Å². The Kier molecular flexibility index (Phi) is 3.06. The summed E-state index contributed by atoms with van der Waals surface area (Å²) in [5, 5.41) is 3.58. The molecule has 1 aromatic rings. The fourth-order valence-corrected chi connectivity index (χ4v) is 3.09. The first-order valence-electron chi connectivity index (χ1n) is 7.07. The van der Waals surface area contributed by atoms with Crippen LogP contribution in [0.4, 0.5) is 11.4 Å². The van der Waals surface area contributed by atoms with Crippen LogP contribution in [0, 0.1) is 5.92 Å². The van der Waals surface area contributed by atoms with Crippen molar-refractivity contribution >= 4 is 11.4 Å². The average Bonchev–Trinajstić information content (AvgIpc) is 2.78. The number of nitrogens with zero attached hydrogens (tertiary/aromatic N) is 1. The van der Waals surface area contributed by atoms with Crippen molar-refractivity contribution in [2.24, 2.45) is 5.92 Å². The van der Waals surface area contributed by atoms with Crippen LogP contribution in [-0.4, -0.2) is 25.7 Å². The summed E-state index contributed by atoms with van der Waals surface area (Å²) in [4.78, 5) is 2.55. The van der Waals surface area contributed by atoms with E-state index >= 15 is 0 Å². The largest absolute Gasteiger partial charge is 0.491 e. The van der Waals surface area contributed by atoms with Gasteiger partial charge in [-0.2, -0.15) is 0 Å². The Morgan fingerprint density at radius 1 is 1.44 bits per heavy atom. The molecular formula is C15H22N2O. The van der Waals surface area contributed by atoms with E-state index in [1.807, 2.05) is 0 Å². The Bertz CT molecular complexity index is 433. The normalized spacial score (nSPS) is 25.3. The third kappa shape index (κ3) is 1.82. The summed E-state index contributed by atoms with van der Waals surface area (Å²) in [5.74, 6) is 1.79. The number of para-hydroxylation sites is 1. The summed E-state index contributed by atoms with van der Waals surface area (Å²) in [7, 11) is 0. The van der Waals surface area contributed by atoms with Gasteiger partial charge in [0.25, 0.3) is 0 Å². The molecule has 98 valence electrons. The second-order valence-corrected chi connectivity index (χ2v) is 5.41. The first-order chi connectivity index (χ1) is 8.81. The first-order valence-corrected chi connectivity index (χ1v) is 7.07. The van der Waals surface area contributed by atoms with Gasteiger partial charge in [0, 0.05) is 19.1 Å². The fraction of sp³-hybridized carbons (Fsp3) is 0.600. The molecule has 2 heterocycles. The summed E-state index contributed by atoms with van der Waals surface area (Å²) >= 11 is 0. The predicted octanol–water partition coefficient (Wildman–Crippen LogP) is 3.12. The SMILES string of the molecule is CCCOc1cccc2c1NCC1C(C)CCN21. The topological polar surface area (TPSA) is 24.5 Å². The number of rotatable bonds is 3. The lowest BCUT2D eigenvalue weighted by Crippen LogP contribution is -2.41. The lowest BCUT2D eigenvalue weighted by molar-refractivity contribution is 0.318. The number of hydrogen-bond donors (Lipinski definition) is 1. The molecule has 3 nitrogen and oxygen atoms in total. The second kappa shape index (κ2) is 4.71. The van der Waals surface area contributed by atoms with Gasteiger partial charge < -0.3 is 15.0 Å². The van der Waals surface area contributed by atoms with Gasteiger partial charge in [0.2, 0.25) is 0 Å². The van der Waals surface area contributed by atoms with Crippen LogP contribution < -0.4 is 15.0 Å². The minimum absolute atomic E-state index is 0.652. The monoisotopic (exact) mass is 246 g/mol. The summed E-state index contributed by atoms with van der Waals surface area (Å²) in [6.07, 6.45) is 2.35. The van der Waals surface area contributed by atoms with Crippen molar-refractivity contribution in [2.75, 3.05) is 29.9 Å². The van der Waals surface area contributed by atoms with E-state index in [2.05, 4.69) is 42.3 Å². The summed E-state index contributed by atoms with van der Waals surface area (Å²) in [6.45, 7) is 7.51. The van der Waals surface area contributed by atoms with Gasteiger partial charge in [-0.25, -0.2) is 0 Å². The van der Waals surface area contributed by atoms with Gasteiger partial charge in [-0.3, -0.25) is 0 Å². The molecule has 2 atom stereocenters. The molecule has 3 rings (SSSR count). The highest BCUT2D eigenvalue weighted by Crippen LogP contribution is 2.42. The van der Waals surface area contributed by atoms with Crippen LogP contribution >= 0.6 is 0 Å². The molecule has 0 saturated carbocycles. The smallest absolute Gasteiger partial charge is 0.144 e. The number of benzene rings is 1. The van der Waals surface area contributed by atoms with Gasteiger partial charge in [0.15, 0.2) is 0 Å². The van der Waals surface area contributed by atoms with Crippen LogP contribution in [0.25, 0.3) is 0 Å². The van der Waals surface area contributed by atoms with Gasteiger partial charge in [0.1, 0.15) is 11.4 Å². The molecule has 2 aliphatic heterocycles. The standard InChI is InChI=1S/C15H22N2O/c1-3-9-18-14-6-4-5-12-15(14)16-10-13-11(2)7-8-17(12)13/h4-6,11,13,16H,3,7-10H2,1-2H3. The van der Waals surface area contributed by atoms with E-state index in [4.69, 9.17) is 4.74 Å².